The summed E-state index contributed by atoms with van der Waals surface area (Å²) in [5.41, 5.74) is 5.88. The maximum Gasteiger partial charge on any atom is 0.226 e. The minimum Gasteiger partial charge on any atom is -0.391 e. The van der Waals surface area contributed by atoms with Crippen molar-refractivity contribution in [3.05, 3.63) is 53.8 Å². The first kappa shape index (κ1) is 29.0. The second kappa shape index (κ2) is 12.9. The van der Waals surface area contributed by atoms with Crippen LogP contribution in [0.4, 0.5) is 4.39 Å². The molecule has 1 aliphatic heterocycles. The van der Waals surface area contributed by atoms with E-state index in [2.05, 4.69) is 0 Å². The number of morpholine rings is 1. The van der Waals surface area contributed by atoms with Crippen molar-refractivity contribution in [2.75, 3.05) is 39.7 Å². The fourth-order valence-electron chi connectivity index (χ4n) is 5.71. The molecule has 2 fully saturated rings. The van der Waals surface area contributed by atoms with E-state index >= 15 is 4.39 Å². The van der Waals surface area contributed by atoms with Gasteiger partial charge in [0, 0.05) is 42.7 Å². The molecule has 0 spiro atoms. The predicted molar refractivity (Wildman–Crippen MR) is 146 cm³/mol. The van der Waals surface area contributed by atoms with Crippen LogP contribution in [-0.4, -0.2) is 78.9 Å². The Morgan fingerprint density at radius 1 is 1.26 bits per heavy atom. The Labute approximate surface area is 228 Å². The lowest BCUT2D eigenvalue weighted by atomic mass is 9.78. The third kappa shape index (κ3) is 6.24. The number of halogens is 1. The van der Waals surface area contributed by atoms with Crippen LogP contribution in [0.5, 0.6) is 0 Å². The summed E-state index contributed by atoms with van der Waals surface area (Å²) < 4.78 is 26.9. The molecule has 2 aromatic carbocycles. The highest BCUT2D eigenvalue weighted by molar-refractivity contribution is 7.98. The molecule has 1 unspecified atom stereocenters. The fraction of sp³-hybridized carbons (Fsp3) is 0.552. The molecule has 208 valence electrons. The van der Waals surface area contributed by atoms with Crippen LogP contribution in [0.15, 0.2) is 47.4 Å². The summed E-state index contributed by atoms with van der Waals surface area (Å²) in [5.74, 6) is -0.861. The minimum absolute atomic E-state index is 0.0841. The lowest BCUT2D eigenvalue weighted by Crippen LogP contribution is -2.55. The number of nitrogens with two attached hydrogens (primary N) is 1. The van der Waals surface area contributed by atoms with Gasteiger partial charge in [-0.15, -0.1) is 11.8 Å². The molecule has 0 bridgehead atoms. The first-order valence-electron chi connectivity index (χ1n) is 13.3. The lowest BCUT2D eigenvalue weighted by molar-refractivity contribution is -0.167. The zero-order valence-corrected chi connectivity index (χ0v) is 23.0. The number of aliphatic hydroxyl groups excluding tert-OH is 1. The molecule has 1 saturated carbocycles. The van der Waals surface area contributed by atoms with Gasteiger partial charge in [0.1, 0.15) is 17.5 Å². The Hall–Kier alpha value is -2.01. The van der Waals surface area contributed by atoms with Gasteiger partial charge in [-0.2, -0.15) is 0 Å². The Bertz CT molecular complexity index is 1090. The first-order valence-corrected chi connectivity index (χ1v) is 14.5. The number of hydrogen-bond donors (Lipinski definition) is 3. The van der Waals surface area contributed by atoms with E-state index in [9.17, 15) is 15.0 Å². The molecule has 5 atom stereocenters. The highest BCUT2D eigenvalue weighted by atomic mass is 32.2. The van der Waals surface area contributed by atoms with E-state index in [1.807, 2.05) is 30.5 Å². The number of rotatable bonds is 10. The SMILES string of the molecule is COCCCC[C@](O)(c1cccc(F)c1-c1cccc(SC)c1)C1CN(C(=O)[C@H]2C[C@@H](N)[C@@H](O)C2)CCO1. The Morgan fingerprint density at radius 3 is 2.76 bits per heavy atom. The van der Waals surface area contributed by atoms with Crippen LogP contribution < -0.4 is 5.73 Å². The van der Waals surface area contributed by atoms with E-state index in [0.717, 1.165) is 11.3 Å². The van der Waals surface area contributed by atoms with E-state index < -0.39 is 29.7 Å². The number of nitrogens with zero attached hydrogens (tertiary/aromatic N) is 1. The van der Waals surface area contributed by atoms with Gasteiger partial charge in [0.25, 0.3) is 0 Å². The molecule has 1 aliphatic carbocycles. The number of carbonyl (C=O) groups is 1. The number of thioether (sulfide) groups is 1. The number of ether oxygens (including phenoxy) is 2. The maximum atomic E-state index is 15.5. The Balaban J connectivity index is 1.69. The van der Waals surface area contributed by atoms with Crippen molar-refractivity contribution < 1.29 is 28.9 Å². The number of aliphatic hydroxyl groups is 2. The number of benzene rings is 2. The quantitative estimate of drug-likeness (QED) is 0.309. The maximum absolute atomic E-state index is 15.5. The van der Waals surface area contributed by atoms with Gasteiger partial charge in [-0.25, -0.2) is 4.39 Å². The molecular formula is C29H39FN2O5S. The van der Waals surface area contributed by atoms with Crippen LogP contribution in [0.1, 0.15) is 37.7 Å². The largest absolute Gasteiger partial charge is 0.391 e. The number of carbonyl (C=O) groups excluding carboxylic acids is 1. The summed E-state index contributed by atoms with van der Waals surface area (Å²) in [4.78, 5) is 16.1. The molecule has 4 rings (SSSR count). The first-order chi connectivity index (χ1) is 18.3. The summed E-state index contributed by atoms with van der Waals surface area (Å²) >= 11 is 1.57. The molecule has 4 N–H and O–H groups in total. The van der Waals surface area contributed by atoms with E-state index in [4.69, 9.17) is 15.2 Å². The zero-order valence-electron chi connectivity index (χ0n) is 22.1. The van der Waals surface area contributed by atoms with Crippen LogP contribution in [0, 0.1) is 11.7 Å². The van der Waals surface area contributed by atoms with Gasteiger partial charge >= 0.3 is 0 Å². The van der Waals surface area contributed by atoms with Crippen molar-refractivity contribution in [3.63, 3.8) is 0 Å². The second-order valence-corrected chi connectivity index (χ2v) is 11.2. The molecule has 9 heteroatoms. The van der Waals surface area contributed by atoms with Gasteiger partial charge < -0.3 is 30.3 Å². The Kier molecular flexibility index (Phi) is 9.84. The van der Waals surface area contributed by atoms with E-state index in [-0.39, 0.29) is 25.0 Å². The fourth-order valence-corrected chi connectivity index (χ4v) is 6.17. The number of unbranched alkanes of at least 4 members (excludes halogenated alkanes) is 1. The highest BCUT2D eigenvalue weighted by Gasteiger charge is 2.46. The third-order valence-electron chi connectivity index (χ3n) is 7.83. The van der Waals surface area contributed by atoms with Gasteiger partial charge in [0.05, 0.1) is 19.3 Å². The summed E-state index contributed by atoms with van der Waals surface area (Å²) in [6.45, 7) is 1.36. The molecule has 38 heavy (non-hydrogen) atoms. The average molecular weight is 547 g/mol. The van der Waals surface area contributed by atoms with Gasteiger partial charge in [-0.05, 0) is 67.7 Å². The number of hydrogen-bond acceptors (Lipinski definition) is 7. The monoisotopic (exact) mass is 546 g/mol. The molecule has 2 aliphatic rings. The predicted octanol–water partition coefficient (Wildman–Crippen LogP) is 3.54. The zero-order chi connectivity index (χ0) is 27.3. The summed E-state index contributed by atoms with van der Waals surface area (Å²) in [6, 6.07) is 12.0. The molecule has 1 saturated heterocycles. The van der Waals surface area contributed by atoms with Crippen LogP contribution in [0.2, 0.25) is 0 Å². The van der Waals surface area contributed by atoms with Crippen LogP contribution in [-0.2, 0) is 19.9 Å². The van der Waals surface area contributed by atoms with Crippen molar-refractivity contribution in [1.29, 1.82) is 0 Å². The van der Waals surface area contributed by atoms with Gasteiger partial charge in [0.15, 0.2) is 0 Å². The van der Waals surface area contributed by atoms with Gasteiger partial charge in [-0.3, -0.25) is 4.79 Å². The summed E-state index contributed by atoms with van der Waals surface area (Å²) in [5, 5.41) is 22.5. The van der Waals surface area contributed by atoms with E-state index in [0.29, 0.717) is 55.5 Å². The molecule has 1 amide bonds. The van der Waals surface area contributed by atoms with E-state index in [1.54, 1.807) is 35.9 Å². The summed E-state index contributed by atoms with van der Waals surface area (Å²) in [7, 11) is 1.63. The molecule has 7 nitrogen and oxygen atoms in total. The average Bonchev–Trinajstić information content (AvgIpc) is 3.28. The second-order valence-electron chi connectivity index (χ2n) is 10.3. The summed E-state index contributed by atoms with van der Waals surface area (Å²) in [6.07, 6.45) is 2.95. The van der Waals surface area contributed by atoms with Crippen molar-refractivity contribution in [3.8, 4) is 11.1 Å². The molecule has 1 heterocycles. The van der Waals surface area contributed by atoms with Gasteiger partial charge in [0.2, 0.25) is 5.91 Å². The molecular weight excluding hydrogens is 507 g/mol. The van der Waals surface area contributed by atoms with Crippen LogP contribution >= 0.6 is 11.8 Å². The van der Waals surface area contributed by atoms with Gasteiger partial charge in [-0.1, -0.05) is 24.3 Å². The van der Waals surface area contributed by atoms with Crippen LogP contribution in [0.3, 0.4) is 0 Å². The minimum atomic E-state index is -1.55. The van der Waals surface area contributed by atoms with Crippen molar-refractivity contribution in [1.82, 2.24) is 4.90 Å². The van der Waals surface area contributed by atoms with Crippen LogP contribution in [0.25, 0.3) is 11.1 Å². The number of amides is 1. The third-order valence-corrected chi connectivity index (χ3v) is 8.56. The smallest absolute Gasteiger partial charge is 0.226 e. The molecule has 0 aromatic heterocycles. The lowest BCUT2D eigenvalue weighted by Gasteiger charge is -2.43. The normalized spacial score (nSPS) is 25.4. The molecule has 0 radical (unpaired) electrons. The van der Waals surface area contributed by atoms with Crippen molar-refractivity contribution in [2.24, 2.45) is 11.7 Å². The Morgan fingerprint density at radius 2 is 2.05 bits per heavy atom. The molecule has 2 aromatic rings. The number of methoxy groups -OCH3 is 1. The topological polar surface area (TPSA) is 105 Å². The van der Waals surface area contributed by atoms with Crippen molar-refractivity contribution in [2.45, 2.75) is 60.9 Å². The van der Waals surface area contributed by atoms with Crippen molar-refractivity contribution >= 4 is 17.7 Å². The highest BCUT2D eigenvalue weighted by Crippen LogP contribution is 2.42. The van der Waals surface area contributed by atoms with E-state index in [1.165, 1.54) is 6.07 Å². The standard InChI is InChI=1S/C29H39FN2O5S/c1-36-13-4-3-11-29(35,22-9-6-10-23(30)27(22)19-7-5-8-21(15-19)38-2)26-18-32(12-14-37-26)28(34)20-16-24(31)25(33)17-20/h5-10,15,20,24-26,33,35H,3-4,11-14,16-18,31H2,1-2H3/t20-,24+,25-,26?,29-/m0/s1.